The Morgan fingerprint density at radius 2 is 2.00 bits per heavy atom. The van der Waals surface area contributed by atoms with Gasteiger partial charge in [0, 0.05) is 50.1 Å². The van der Waals surface area contributed by atoms with E-state index in [2.05, 4.69) is 26.2 Å². The summed E-state index contributed by atoms with van der Waals surface area (Å²) < 4.78 is 17.3. The first-order valence-electron chi connectivity index (χ1n) is 12.5. The third-order valence-corrected chi connectivity index (χ3v) is 8.01. The third-order valence-electron chi connectivity index (χ3n) is 7.78. The molecule has 3 aromatic rings. The molecule has 2 fully saturated rings. The van der Waals surface area contributed by atoms with Crippen molar-refractivity contribution in [3.63, 3.8) is 0 Å². The van der Waals surface area contributed by atoms with Gasteiger partial charge in [0.15, 0.2) is 5.82 Å². The van der Waals surface area contributed by atoms with E-state index in [0.29, 0.717) is 47.8 Å². The number of carbonyl (C=O) groups is 1. The van der Waals surface area contributed by atoms with Gasteiger partial charge in [0.05, 0.1) is 22.4 Å². The van der Waals surface area contributed by atoms with Crippen LogP contribution >= 0.6 is 11.6 Å². The highest BCUT2D eigenvalue weighted by Crippen LogP contribution is 2.39. The summed E-state index contributed by atoms with van der Waals surface area (Å²) in [5.74, 6) is -0.532. The van der Waals surface area contributed by atoms with Gasteiger partial charge in [0.25, 0.3) is 0 Å². The highest BCUT2D eigenvalue weighted by molar-refractivity contribution is 6.30. The molecule has 2 saturated heterocycles. The molecule has 0 radical (unpaired) electrons. The molecule has 1 aromatic carbocycles. The molecule has 9 heteroatoms. The fourth-order valence-corrected chi connectivity index (χ4v) is 5.79. The summed E-state index contributed by atoms with van der Waals surface area (Å²) in [7, 11) is 3.89. The number of likely N-dealkylation sites (tertiary alicyclic amines) is 1. The van der Waals surface area contributed by atoms with Crippen molar-refractivity contribution >= 4 is 23.2 Å². The number of hydrogen-bond donors (Lipinski definition) is 1. The third kappa shape index (κ3) is 4.81. The zero-order valence-electron chi connectivity index (χ0n) is 21.0. The number of aromatic nitrogens is 2. The topological polar surface area (TPSA) is 77.2 Å². The Bertz CT molecular complexity index is 1360. The average Bonchev–Trinajstić information content (AvgIpc) is 3.51. The number of carbonyl (C=O) groups excluding carboxylic acids is 1. The van der Waals surface area contributed by atoms with Crippen LogP contribution in [0.2, 0.25) is 5.02 Å². The molecule has 1 amide bonds. The first kappa shape index (κ1) is 25.2. The van der Waals surface area contributed by atoms with E-state index in [-0.39, 0.29) is 17.6 Å². The molecular formula is C28H30ClFN6O. The predicted molar refractivity (Wildman–Crippen MR) is 142 cm³/mol. The van der Waals surface area contributed by atoms with Crippen LogP contribution in [0.15, 0.2) is 48.8 Å². The average molecular weight is 521 g/mol. The number of hydrogen-bond acceptors (Lipinski definition) is 5. The predicted octanol–water partition coefficient (Wildman–Crippen LogP) is 4.11. The van der Waals surface area contributed by atoms with Crippen LogP contribution in [0.5, 0.6) is 0 Å². The second kappa shape index (κ2) is 10.2. The van der Waals surface area contributed by atoms with E-state index < -0.39 is 11.2 Å². The standard InChI is InChI=1S/C28H30ClFN6O/c1-34-11-7-22(18-34)33-27(37)28(20-15-23(30)26(32-17-20)25-4-3-10-35(25)2)8-12-36(13-9-28)24-6-5-21(29)14-19(24)16-31/h3-6,10,14-15,17,22H,7-9,11-13,18H2,1-2H3,(H,33,37)/t22-/m0/s1. The second-order valence-corrected chi connectivity index (χ2v) is 10.6. The molecule has 0 saturated carbocycles. The Morgan fingerprint density at radius 3 is 2.62 bits per heavy atom. The van der Waals surface area contributed by atoms with Crippen molar-refractivity contribution in [1.29, 1.82) is 5.26 Å². The van der Waals surface area contributed by atoms with Crippen molar-refractivity contribution in [2.24, 2.45) is 7.05 Å². The molecule has 1 atom stereocenters. The molecule has 7 nitrogen and oxygen atoms in total. The van der Waals surface area contributed by atoms with E-state index >= 15 is 4.39 Å². The summed E-state index contributed by atoms with van der Waals surface area (Å²) in [4.78, 5) is 22.7. The van der Waals surface area contributed by atoms with E-state index in [1.807, 2.05) is 43.1 Å². The minimum absolute atomic E-state index is 0.0642. The Morgan fingerprint density at radius 1 is 1.22 bits per heavy atom. The lowest BCUT2D eigenvalue weighted by Gasteiger charge is -2.42. The number of nitrogens with one attached hydrogen (secondary N) is 1. The molecule has 4 heterocycles. The van der Waals surface area contributed by atoms with Crippen molar-refractivity contribution in [2.45, 2.75) is 30.7 Å². The van der Waals surface area contributed by atoms with Crippen LogP contribution in [0.1, 0.15) is 30.4 Å². The fourth-order valence-electron chi connectivity index (χ4n) is 5.62. The number of rotatable bonds is 5. The first-order valence-corrected chi connectivity index (χ1v) is 12.9. The monoisotopic (exact) mass is 520 g/mol. The maximum absolute atomic E-state index is 15.4. The highest BCUT2D eigenvalue weighted by atomic mass is 35.5. The Hall–Kier alpha value is -3.41. The quantitative estimate of drug-likeness (QED) is 0.548. The minimum atomic E-state index is -0.919. The zero-order valence-corrected chi connectivity index (χ0v) is 21.8. The molecule has 0 bridgehead atoms. The van der Waals surface area contributed by atoms with Gasteiger partial charge in [-0.05, 0) is 74.8 Å². The van der Waals surface area contributed by atoms with Gasteiger partial charge in [-0.3, -0.25) is 9.78 Å². The number of halogens is 2. The Labute approximate surface area is 221 Å². The van der Waals surface area contributed by atoms with Crippen molar-refractivity contribution in [2.75, 3.05) is 38.1 Å². The van der Waals surface area contributed by atoms with Gasteiger partial charge in [0.1, 0.15) is 11.8 Å². The molecule has 2 aliphatic rings. The van der Waals surface area contributed by atoms with Gasteiger partial charge in [-0.2, -0.15) is 5.26 Å². The molecule has 0 spiro atoms. The summed E-state index contributed by atoms with van der Waals surface area (Å²) in [5.41, 5.74) is 1.90. The van der Waals surface area contributed by atoms with Crippen LogP contribution in [0, 0.1) is 17.1 Å². The number of benzene rings is 1. The van der Waals surface area contributed by atoms with Crippen molar-refractivity contribution in [1.82, 2.24) is 19.8 Å². The largest absolute Gasteiger partial charge is 0.370 e. The molecule has 5 rings (SSSR count). The lowest BCUT2D eigenvalue weighted by atomic mass is 9.72. The van der Waals surface area contributed by atoms with Crippen LogP contribution in [-0.4, -0.2) is 59.6 Å². The van der Waals surface area contributed by atoms with Gasteiger partial charge < -0.3 is 19.7 Å². The lowest BCUT2D eigenvalue weighted by molar-refractivity contribution is -0.128. The first-order chi connectivity index (χ1) is 17.8. The molecular weight excluding hydrogens is 491 g/mol. The zero-order chi connectivity index (χ0) is 26.2. The van der Waals surface area contributed by atoms with Crippen LogP contribution in [0.4, 0.5) is 10.1 Å². The van der Waals surface area contributed by atoms with Crippen LogP contribution in [0.3, 0.4) is 0 Å². The van der Waals surface area contributed by atoms with Gasteiger partial charge in [-0.1, -0.05) is 11.6 Å². The maximum atomic E-state index is 15.4. The number of nitriles is 1. The molecule has 1 N–H and O–H groups in total. The number of pyridine rings is 1. The normalized spacial score (nSPS) is 19.5. The lowest BCUT2D eigenvalue weighted by Crippen LogP contribution is -2.54. The van der Waals surface area contributed by atoms with Crippen LogP contribution < -0.4 is 10.2 Å². The van der Waals surface area contributed by atoms with Crippen molar-refractivity contribution < 1.29 is 9.18 Å². The SMILES string of the molecule is CN1CC[C@H](NC(=O)C2(c3cnc(-c4cccn4C)c(F)c3)CCN(c3ccc(Cl)cc3C#N)CC2)C1. The highest BCUT2D eigenvalue weighted by Gasteiger charge is 2.45. The fraction of sp³-hybridized carbons (Fsp3) is 0.393. The maximum Gasteiger partial charge on any atom is 0.231 e. The molecule has 0 unspecified atom stereocenters. The van der Waals surface area contributed by atoms with Gasteiger partial charge in [0.2, 0.25) is 5.91 Å². The van der Waals surface area contributed by atoms with E-state index in [1.165, 1.54) is 6.07 Å². The minimum Gasteiger partial charge on any atom is -0.370 e. The summed E-state index contributed by atoms with van der Waals surface area (Å²) in [5, 5.41) is 13.4. The second-order valence-electron chi connectivity index (χ2n) is 10.1. The Kier molecular flexibility index (Phi) is 6.93. The van der Waals surface area contributed by atoms with Gasteiger partial charge in [-0.15, -0.1) is 0 Å². The number of amides is 1. The van der Waals surface area contributed by atoms with E-state index in [0.717, 1.165) is 25.2 Å². The van der Waals surface area contributed by atoms with Gasteiger partial charge in [-0.25, -0.2) is 4.39 Å². The van der Waals surface area contributed by atoms with Crippen molar-refractivity contribution in [3.05, 3.63) is 70.8 Å². The van der Waals surface area contributed by atoms with Gasteiger partial charge >= 0.3 is 0 Å². The molecule has 37 heavy (non-hydrogen) atoms. The summed E-state index contributed by atoms with van der Waals surface area (Å²) >= 11 is 6.10. The van der Waals surface area contributed by atoms with E-state index in [4.69, 9.17) is 11.6 Å². The molecule has 0 aliphatic carbocycles. The van der Waals surface area contributed by atoms with Crippen LogP contribution in [-0.2, 0) is 17.3 Å². The van der Waals surface area contributed by atoms with E-state index in [9.17, 15) is 10.1 Å². The number of piperidine rings is 1. The smallest absolute Gasteiger partial charge is 0.231 e. The van der Waals surface area contributed by atoms with Crippen LogP contribution in [0.25, 0.3) is 11.4 Å². The molecule has 2 aromatic heterocycles. The summed E-state index contributed by atoms with van der Waals surface area (Å²) in [6, 6.07) is 12.7. The van der Waals surface area contributed by atoms with Crippen molar-refractivity contribution in [3.8, 4) is 17.5 Å². The molecule has 192 valence electrons. The molecule has 2 aliphatic heterocycles. The summed E-state index contributed by atoms with van der Waals surface area (Å²) in [6.07, 6.45) is 5.34. The number of likely N-dealkylation sites (N-methyl/N-ethyl adjacent to an activating group) is 1. The van der Waals surface area contributed by atoms with E-state index in [1.54, 1.807) is 18.3 Å². The number of nitrogens with zero attached hydrogens (tertiary/aromatic N) is 5. The number of aryl methyl sites for hydroxylation is 1. The summed E-state index contributed by atoms with van der Waals surface area (Å²) in [6.45, 7) is 2.80. The Balaban J connectivity index is 1.47. The number of anilines is 1.